The maximum atomic E-state index is 13.6. The van der Waals surface area contributed by atoms with Gasteiger partial charge in [0.2, 0.25) is 0 Å². The summed E-state index contributed by atoms with van der Waals surface area (Å²) in [6, 6.07) is 6.75. The highest BCUT2D eigenvalue weighted by molar-refractivity contribution is 7.98. The van der Waals surface area contributed by atoms with Crippen LogP contribution in [0.2, 0.25) is 0 Å². The summed E-state index contributed by atoms with van der Waals surface area (Å²) < 4.78 is 13.6. The highest BCUT2D eigenvalue weighted by Crippen LogP contribution is 2.23. The number of hydrogen-bond donors (Lipinski definition) is 1. The van der Waals surface area contributed by atoms with Crippen molar-refractivity contribution in [1.29, 1.82) is 0 Å². The molecular formula is C19H24FN3OS2. The molecule has 1 N–H and O–H groups in total. The smallest absolute Gasteiger partial charge is 0.255 e. The summed E-state index contributed by atoms with van der Waals surface area (Å²) >= 11 is 3.04. The molecule has 0 spiro atoms. The summed E-state index contributed by atoms with van der Waals surface area (Å²) in [7, 11) is 0. The molecule has 0 unspecified atom stereocenters. The zero-order valence-corrected chi connectivity index (χ0v) is 17.1. The van der Waals surface area contributed by atoms with Gasteiger partial charge in [0.05, 0.1) is 11.3 Å². The fourth-order valence-electron chi connectivity index (χ4n) is 2.36. The number of nitrogens with zero attached hydrogens (tertiary/aromatic N) is 2. The van der Waals surface area contributed by atoms with Crippen LogP contribution in [-0.2, 0) is 5.75 Å². The molecule has 0 saturated heterocycles. The molecule has 7 heteroatoms. The molecule has 1 aromatic carbocycles. The summed E-state index contributed by atoms with van der Waals surface area (Å²) in [5.74, 6) is 1.92. The number of aromatic nitrogens is 2. The first-order valence-corrected chi connectivity index (χ1v) is 10.8. The Bertz CT molecular complexity index is 768. The Morgan fingerprint density at radius 3 is 2.65 bits per heavy atom. The average Bonchev–Trinajstić information content (AvgIpc) is 2.61. The molecule has 2 aromatic rings. The zero-order valence-electron chi connectivity index (χ0n) is 15.5. The van der Waals surface area contributed by atoms with Gasteiger partial charge in [-0.1, -0.05) is 32.0 Å². The van der Waals surface area contributed by atoms with E-state index < -0.39 is 0 Å². The third kappa shape index (κ3) is 5.45. The first-order chi connectivity index (χ1) is 12.4. The van der Waals surface area contributed by atoms with Crippen molar-refractivity contribution in [3.8, 4) is 0 Å². The fraction of sp³-hybridized carbons (Fsp3) is 0.421. The first-order valence-electron chi connectivity index (χ1n) is 8.46. The number of rotatable bonds is 8. The molecular weight excluding hydrogens is 369 g/mol. The van der Waals surface area contributed by atoms with Gasteiger partial charge < -0.3 is 5.32 Å². The molecule has 2 rings (SSSR count). The first kappa shape index (κ1) is 20.7. The van der Waals surface area contributed by atoms with Crippen molar-refractivity contribution in [2.24, 2.45) is 0 Å². The Morgan fingerprint density at radius 2 is 2.00 bits per heavy atom. The van der Waals surface area contributed by atoms with Crippen molar-refractivity contribution >= 4 is 29.4 Å². The number of thioether (sulfide) groups is 2. The number of amides is 1. The van der Waals surface area contributed by atoms with Crippen LogP contribution in [0.15, 0.2) is 29.3 Å². The predicted octanol–water partition coefficient (Wildman–Crippen LogP) is 4.43. The summed E-state index contributed by atoms with van der Waals surface area (Å²) in [6.07, 6.45) is 1.91. The maximum absolute atomic E-state index is 13.6. The molecule has 0 fully saturated rings. The number of halogens is 1. The molecule has 0 aliphatic carbocycles. The van der Waals surface area contributed by atoms with Crippen molar-refractivity contribution in [3.05, 3.63) is 52.7 Å². The van der Waals surface area contributed by atoms with Gasteiger partial charge in [0.15, 0.2) is 0 Å². The van der Waals surface area contributed by atoms with E-state index in [1.807, 2.05) is 33.1 Å². The van der Waals surface area contributed by atoms with Crippen LogP contribution < -0.4 is 5.32 Å². The zero-order chi connectivity index (χ0) is 19.1. The Kier molecular flexibility index (Phi) is 7.90. The average molecular weight is 394 g/mol. The fourth-order valence-corrected chi connectivity index (χ4v) is 3.83. The van der Waals surface area contributed by atoms with Crippen LogP contribution in [0.3, 0.4) is 0 Å². The summed E-state index contributed by atoms with van der Waals surface area (Å²) in [5, 5.41) is 3.62. The number of nitrogens with one attached hydrogen (secondary N) is 1. The highest BCUT2D eigenvalue weighted by Gasteiger charge is 2.19. The summed E-state index contributed by atoms with van der Waals surface area (Å²) in [6.45, 7) is 6.42. The Morgan fingerprint density at radius 1 is 1.27 bits per heavy atom. The van der Waals surface area contributed by atoms with Gasteiger partial charge >= 0.3 is 0 Å². The van der Waals surface area contributed by atoms with Crippen molar-refractivity contribution in [1.82, 2.24) is 15.3 Å². The minimum atomic E-state index is -0.188. The molecule has 1 aromatic heterocycles. The summed E-state index contributed by atoms with van der Waals surface area (Å²) in [5.41, 5.74) is 1.92. The van der Waals surface area contributed by atoms with Gasteiger partial charge in [-0.25, -0.2) is 14.4 Å². The van der Waals surface area contributed by atoms with Crippen molar-refractivity contribution in [2.75, 3.05) is 18.6 Å². The van der Waals surface area contributed by atoms with Gasteiger partial charge in [0.1, 0.15) is 16.7 Å². The third-order valence-electron chi connectivity index (χ3n) is 3.76. The van der Waals surface area contributed by atoms with Crippen molar-refractivity contribution in [2.45, 2.75) is 37.5 Å². The quantitative estimate of drug-likeness (QED) is 0.408. The van der Waals surface area contributed by atoms with E-state index in [1.54, 1.807) is 23.9 Å². The summed E-state index contributed by atoms with van der Waals surface area (Å²) in [4.78, 5) is 21.5. The Balaban J connectivity index is 1.91. The number of aryl methyl sites for hydroxylation is 1. The van der Waals surface area contributed by atoms with E-state index in [0.717, 1.165) is 5.82 Å². The standard InChI is InChI=1S/C19H24FN3OS2/c1-12(2)17-22-13(3)16(19(23-17)25-4)18(24)21-9-10-26-11-14-7-5-6-8-15(14)20/h5-8,12H,9-11H2,1-4H3,(H,21,24). The van der Waals surface area contributed by atoms with E-state index in [4.69, 9.17) is 0 Å². The van der Waals surface area contributed by atoms with Crippen LogP contribution in [0.5, 0.6) is 0 Å². The molecule has 0 bridgehead atoms. The van der Waals surface area contributed by atoms with E-state index in [0.29, 0.717) is 39.9 Å². The minimum Gasteiger partial charge on any atom is -0.351 e. The Hall–Kier alpha value is -1.60. The molecule has 0 radical (unpaired) electrons. The topological polar surface area (TPSA) is 54.9 Å². The van der Waals surface area contributed by atoms with Gasteiger partial charge in [-0.15, -0.1) is 11.8 Å². The lowest BCUT2D eigenvalue weighted by atomic mass is 10.1. The molecule has 1 amide bonds. The second kappa shape index (κ2) is 9.92. The normalized spacial score (nSPS) is 11.0. The van der Waals surface area contributed by atoms with Crippen molar-refractivity contribution in [3.63, 3.8) is 0 Å². The predicted molar refractivity (Wildman–Crippen MR) is 108 cm³/mol. The van der Waals surface area contributed by atoms with Crippen LogP contribution >= 0.6 is 23.5 Å². The second-order valence-corrected chi connectivity index (χ2v) is 8.01. The lowest BCUT2D eigenvalue weighted by Crippen LogP contribution is -2.28. The van der Waals surface area contributed by atoms with Crippen LogP contribution in [0.4, 0.5) is 4.39 Å². The van der Waals surface area contributed by atoms with Gasteiger partial charge in [-0.3, -0.25) is 4.79 Å². The molecule has 140 valence electrons. The third-order valence-corrected chi connectivity index (χ3v) is 5.45. The SMILES string of the molecule is CSc1nc(C(C)C)nc(C)c1C(=O)NCCSCc1ccccc1F. The van der Waals surface area contributed by atoms with Crippen LogP contribution in [0, 0.1) is 12.7 Å². The van der Waals surface area contributed by atoms with Crippen LogP contribution in [-0.4, -0.2) is 34.4 Å². The number of hydrogen-bond acceptors (Lipinski definition) is 5. The minimum absolute atomic E-state index is 0.159. The van der Waals surface area contributed by atoms with Gasteiger partial charge in [0, 0.05) is 24.0 Å². The molecule has 0 aliphatic rings. The number of carbonyl (C=O) groups is 1. The van der Waals surface area contributed by atoms with E-state index in [2.05, 4.69) is 15.3 Å². The van der Waals surface area contributed by atoms with Gasteiger partial charge in [-0.05, 0) is 24.8 Å². The molecule has 4 nitrogen and oxygen atoms in total. The molecule has 0 saturated carbocycles. The molecule has 26 heavy (non-hydrogen) atoms. The lowest BCUT2D eigenvalue weighted by molar-refractivity contribution is 0.0951. The van der Waals surface area contributed by atoms with Gasteiger partial charge in [0.25, 0.3) is 5.91 Å². The van der Waals surface area contributed by atoms with Crippen LogP contribution in [0.25, 0.3) is 0 Å². The maximum Gasteiger partial charge on any atom is 0.255 e. The van der Waals surface area contributed by atoms with Crippen LogP contribution in [0.1, 0.15) is 47.2 Å². The van der Waals surface area contributed by atoms with Gasteiger partial charge in [-0.2, -0.15) is 11.8 Å². The second-order valence-electron chi connectivity index (χ2n) is 6.11. The molecule has 0 aliphatic heterocycles. The van der Waals surface area contributed by atoms with Crippen molar-refractivity contribution < 1.29 is 9.18 Å². The molecule has 0 atom stereocenters. The number of carbonyl (C=O) groups excluding carboxylic acids is 1. The Labute approximate surface area is 162 Å². The number of benzene rings is 1. The van der Waals surface area contributed by atoms with E-state index in [-0.39, 0.29) is 17.6 Å². The molecule has 1 heterocycles. The monoisotopic (exact) mass is 393 g/mol. The largest absolute Gasteiger partial charge is 0.351 e. The van der Waals surface area contributed by atoms with E-state index >= 15 is 0 Å². The van der Waals surface area contributed by atoms with E-state index in [9.17, 15) is 9.18 Å². The van der Waals surface area contributed by atoms with E-state index in [1.165, 1.54) is 17.8 Å². The highest BCUT2D eigenvalue weighted by atomic mass is 32.2. The lowest BCUT2D eigenvalue weighted by Gasteiger charge is -2.13.